The summed E-state index contributed by atoms with van der Waals surface area (Å²) in [6.07, 6.45) is 0.179. The lowest BCUT2D eigenvalue weighted by Crippen LogP contribution is -2.52. The second kappa shape index (κ2) is 12.5. The maximum absolute atomic E-state index is 13.5. The number of nitrogens with one attached hydrogen (secondary N) is 3. The van der Waals surface area contributed by atoms with Crippen molar-refractivity contribution in [1.29, 1.82) is 0 Å². The smallest absolute Gasteiger partial charge is 0.408 e. The normalized spacial score (nSPS) is 15.2. The van der Waals surface area contributed by atoms with E-state index in [0.717, 1.165) is 5.56 Å². The number of carbonyl (C=O) groups is 3. The van der Waals surface area contributed by atoms with Crippen molar-refractivity contribution in [2.24, 2.45) is 0 Å². The highest BCUT2D eigenvalue weighted by molar-refractivity contribution is 7.89. The molecule has 10 nitrogen and oxygen atoms in total. The number of hydrogen-bond acceptors (Lipinski definition) is 6. The Kier molecular flexibility index (Phi) is 9.22. The molecule has 3 N–H and O–H groups in total. The summed E-state index contributed by atoms with van der Waals surface area (Å²) < 4.78 is 35.1. The third-order valence-corrected chi connectivity index (χ3v) is 8.62. The van der Waals surface area contributed by atoms with Crippen molar-refractivity contribution in [3.05, 3.63) is 71.8 Å². The first-order valence-corrected chi connectivity index (χ1v) is 15.4. The number of hydrogen-bond donors (Lipinski definition) is 3. The van der Waals surface area contributed by atoms with Crippen molar-refractivity contribution in [1.82, 2.24) is 14.9 Å². The van der Waals surface area contributed by atoms with Crippen molar-refractivity contribution in [2.45, 2.75) is 70.0 Å². The number of rotatable bonds is 7. The summed E-state index contributed by atoms with van der Waals surface area (Å²) in [5.41, 5.74) is 1.21. The summed E-state index contributed by atoms with van der Waals surface area (Å²) in [4.78, 5) is 39.6. The standard InChI is InChI=1S/C31H38N4O6S/c1-20-10-6-7-11-23(20)28(36)33-26-14-15-27(25-13-9-8-12-24(25)26)42(39,40)34-22-16-18-35(19-17-22)29(37)21(2)32-30(38)41-31(3,4)5/h6-15,21-22,34H,16-19H2,1-5H3,(H,32,38)(H,33,36)/t21-/m0/s1. The Morgan fingerprint density at radius 1 is 0.929 bits per heavy atom. The molecule has 1 fully saturated rings. The van der Waals surface area contributed by atoms with Gasteiger partial charge in [-0.2, -0.15) is 0 Å². The largest absolute Gasteiger partial charge is 0.444 e. The van der Waals surface area contributed by atoms with Crippen LogP contribution in [0, 0.1) is 6.92 Å². The Hall–Kier alpha value is -3.96. The first-order valence-electron chi connectivity index (χ1n) is 13.9. The van der Waals surface area contributed by atoms with Gasteiger partial charge in [0.2, 0.25) is 15.9 Å². The highest BCUT2D eigenvalue weighted by Gasteiger charge is 2.30. The van der Waals surface area contributed by atoms with E-state index in [0.29, 0.717) is 48.0 Å². The van der Waals surface area contributed by atoms with Gasteiger partial charge in [-0.15, -0.1) is 0 Å². The van der Waals surface area contributed by atoms with Gasteiger partial charge < -0.3 is 20.3 Å². The average molecular weight is 595 g/mol. The highest BCUT2D eigenvalue weighted by Crippen LogP contribution is 2.30. The van der Waals surface area contributed by atoms with Crippen molar-refractivity contribution in [3.8, 4) is 0 Å². The van der Waals surface area contributed by atoms with Crippen LogP contribution in [0.1, 0.15) is 56.5 Å². The Labute approximate surface area is 246 Å². The van der Waals surface area contributed by atoms with E-state index in [1.165, 1.54) is 6.07 Å². The van der Waals surface area contributed by atoms with Gasteiger partial charge in [-0.25, -0.2) is 17.9 Å². The minimum absolute atomic E-state index is 0.112. The van der Waals surface area contributed by atoms with Gasteiger partial charge in [0.1, 0.15) is 11.6 Å². The number of piperidine rings is 1. The van der Waals surface area contributed by atoms with Crippen molar-refractivity contribution in [2.75, 3.05) is 18.4 Å². The Balaban J connectivity index is 1.42. The highest BCUT2D eigenvalue weighted by atomic mass is 32.2. The van der Waals surface area contributed by atoms with E-state index in [1.807, 2.05) is 19.1 Å². The predicted molar refractivity (Wildman–Crippen MR) is 162 cm³/mol. The summed E-state index contributed by atoms with van der Waals surface area (Å²) in [5.74, 6) is -0.527. The molecule has 0 bridgehead atoms. The number of anilines is 1. The molecule has 42 heavy (non-hydrogen) atoms. The van der Waals surface area contributed by atoms with Gasteiger partial charge in [0.05, 0.1) is 4.90 Å². The fourth-order valence-corrected chi connectivity index (χ4v) is 6.47. The first kappa shape index (κ1) is 31.0. The number of amides is 3. The minimum atomic E-state index is -3.92. The predicted octanol–water partition coefficient (Wildman–Crippen LogP) is 4.58. The molecule has 11 heteroatoms. The molecule has 3 amide bonds. The van der Waals surface area contributed by atoms with Crippen LogP contribution in [0.15, 0.2) is 65.6 Å². The number of ether oxygens (including phenoxy) is 1. The SMILES string of the molecule is Cc1ccccc1C(=O)Nc1ccc(S(=O)(=O)NC2CCN(C(=O)[C@H](C)NC(=O)OC(C)(C)C)CC2)c2ccccc12. The molecular weight excluding hydrogens is 556 g/mol. The third-order valence-electron chi connectivity index (χ3n) is 7.04. The molecule has 1 atom stereocenters. The number of fused-ring (bicyclic) bond motifs is 1. The van der Waals surface area contributed by atoms with Crippen molar-refractivity contribution >= 4 is 44.4 Å². The second-order valence-electron chi connectivity index (χ2n) is 11.5. The second-order valence-corrected chi connectivity index (χ2v) is 13.2. The number of nitrogens with zero attached hydrogens (tertiary/aromatic N) is 1. The number of alkyl carbamates (subject to hydrolysis) is 1. The van der Waals surface area contributed by atoms with Gasteiger partial charge in [-0.1, -0.05) is 42.5 Å². The topological polar surface area (TPSA) is 134 Å². The minimum Gasteiger partial charge on any atom is -0.444 e. The number of likely N-dealkylation sites (tertiary alicyclic amines) is 1. The van der Waals surface area contributed by atoms with Crippen LogP contribution >= 0.6 is 0 Å². The summed E-state index contributed by atoms with van der Waals surface area (Å²) in [6.45, 7) is 9.37. The van der Waals surface area contributed by atoms with Gasteiger partial charge in [0, 0.05) is 41.2 Å². The van der Waals surface area contributed by atoms with Gasteiger partial charge >= 0.3 is 6.09 Å². The van der Waals surface area contributed by atoms with Crippen LogP contribution in [0.5, 0.6) is 0 Å². The van der Waals surface area contributed by atoms with Crippen molar-refractivity contribution < 1.29 is 27.5 Å². The van der Waals surface area contributed by atoms with Gasteiger partial charge in [-0.05, 0) is 71.2 Å². The van der Waals surface area contributed by atoms with Crippen LogP contribution in [-0.4, -0.2) is 62.0 Å². The zero-order valence-electron chi connectivity index (χ0n) is 24.6. The van der Waals surface area contributed by atoms with Crippen LogP contribution in [0.3, 0.4) is 0 Å². The lowest BCUT2D eigenvalue weighted by atomic mass is 10.1. The zero-order valence-corrected chi connectivity index (χ0v) is 25.4. The van der Waals surface area contributed by atoms with E-state index in [1.54, 1.807) is 75.1 Å². The molecule has 1 heterocycles. The quantitative estimate of drug-likeness (QED) is 0.367. The summed E-state index contributed by atoms with van der Waals surface area (Å²) in [6, 6.07) is 16.3. The molecule has 0 unspecified atom stereocenters. The lowest BCUT2D eigenvalue weighted by Gasteiger charge is -2.34. The first-order chi connectivity index (χ1) is 19.7. The van der Waals surface area contributed by atoms with E-state index >= 15 is 0 Å². The maximum atomic E-state index is 13.5. The number of sulfonamides is 1. The molecule has 0 spiro atoms. The van der Waals surface area contributed by atoms with Crippen LogP contribution < -0.4 is 15.4 Å². The molecule has 0 aliphatic carbocycles. The molecule has 3 aromatic rings. The Bertz CT molecular complexity index is 1590. The summed E-state index contributed by atoms with van der Waals surface area (Å²) in [5, 5.41) is 6.58. The van der Waals surface area contributed by atoms with E-state index in [9.17, 15) is 22.8 Å². The molecular formula is C31H38N4O6S. The van der Waals surface area contributed by atoms with Gasteiger partial charge in [0.15, 0.2) is 0 Å². The number of carbonyl (C=O) groups excluding carboxylic acids is 3. The Morgan fingerprint density at radius 2 is 1.55 bits per heavy atom. The zero-order chi connectivity index (χ0) is 30.7. The van der Waals surface area contributed by atoms with Crippen LogP contribution in [0.2, 0.25) is 0 Å². The molecule has 3 aromatic carbocycles. The van der Waals surface area contributed by atoms with Crippen LogP contribution in [0.25, 0.3) is 10.8 Å². The molecule has 0 aromatic heterocycles. The molecule has 1 aliphatic heterocycles. The third kappa shape index (κ3) is 7.46. The molecule has 1 aliphatic rings. The van der Waals surface area contributed by atoms with Crippen LogP contribution in [-0.2, 0) is 19.6 Å². The summed E-state index contributed by atoms with van der Waals surface area (Å²) in [7, 11) is -3.92. The Morgan fingerprint density at radius 3 is 2.19 bits per heavy atom. The fourth-order valence-electron chi connectivity index (χ4n) is 4.95. The number of aryl methyl sites for hydroxylation is 1. The summed E-state index contributed by atoms with van der Waals surface area (Å²) >= 11 is 0. The van der Waals surface area contributed by atoms with E-state index < -0.39 is 27.8 Å². The van der Waals surface area contributed by atoms with E-state index in [4.69, 9.17) is 4.74 Å². The molecule has 0 radical (unpaired) electrons. The molecule has 0 saturated carbocycles. The fraction of sp³-hybridized carbons (Fsp3) is 0.387. The average Bonchev–Trinajstić information content (AvgIpc) is 2.92. The van der Waals surface area contributed by atoms with Gasteiger partial charge in [-0.3, -0.25) is 9.59 Å². The molecule has 1 saturated heterocycles. The maximum Gasteiger partial charge on any atom is 0.408 e. The van der Waals surface area contributed by atoms with E-state index in [2.05, 4.69) is 15.4 Å². The molecule has 4 rings (SSSR count). The monoisotopic (exact) mass is 594 g/mol. The van der Waals surface area contributed by atoms with E-state index in [-0.39, 0.29) is 22.8 Å². The number of benzene rings is 3. The molecule has 224 valence electrons. The van der Waals surface area contributed by atoms with Crippen LogP contribution in [0.4, 0.5) is 10.5 Å². The van der Waals surface area contributed by atoms with Gasteiger partial charge in [0.25, 0.3) is 5.91 Å². The van der Waals surface area contributed by atoms with Crippen molar-refractivity contribution in [3.63, 3.8) is 0 Å². The lowest BCUT2D eigenvalue weighted by molar-refractivity contribution is -0.134.